The van der Waals surface area contributed by atoms with Gasteiger partial charge in [0.15, 0.2) is 6.10 Å². The number of aliphatic carboxylic acids is 1. The Morgan fingerprint density at radius 3 is 2.41 bits per heavy atom. The van der Waals surface area contributed by atoms with Crippen LogP contribution in [0.25, 0.3) is 22.0 Å². The fraction of sp³-hybridized carbons (Fsp3) is 0.387. The van der Waals surface area contributed by atoms with Crippen LogP contribution in [0.2, 0.25) is 0 Å². The first-order valence-electron chi connectivity index (χ1n) is 13.1. The Hall–Kier alpha value is -3.75. The summed E-state index contributed by atoms with van der Waals surface area (Å²) in [5.41, 5.74) is 7.20. The SMILES string of the molecule is C=N/C(=N\C=C(/C)CO)N1CCn2c(C)cc3c(-c4ccc(C)cc4)c([C@H](OC(C)(C)C)C(=O)O)c(C)c1c32. The van der Waals surface area contributed by atoms with Crippen molar-refractivity contribution in [1.29, 1.82) is 0 Å². The van der Waals surface area contributed by atoms with E-state index in [4.69, 9.17) is 4.74 Å². The Morgan fingerprint density at radius 2 is 1.85 bits per heavy atom. The quantitative estimate of drug-likeness (QED) is 0.303. The van der Waals surface area contributed by atoms with Crippen LogP contribution in [-0.2, 0) is 16.1 Å². The summed E-state index contributed by atoms with van der Waals surface area (Å²) >= 11 is 0. The Kier molecular flexibility index (Phi) is 7.82. The minimum absolute atomic E-state index is 0.112. The number of hydrogen-bond donors (Lipinski definition) is 2. The number of carboxylic acid groups (broad SMARTS) is 1. The van der Waals surface area contributed by atoms with Gasteiger partial charge in [0.1, 0.15) is 0 Å². The number of guanidine groups is 1. The van der Waals surface area contributed by atoms with Crippen LogP contribution in [0.4, 0.5) is 5.69 Å². The van der Waals surface area contributed by atoms with E-state index in [1.165, 1.54) is 0 Å². The average Bonchev–Trinajstić information content (AvgIpc) is 3.21. The van der Waals surface area contributed by atoms with Crippen molar-refractivity contribution in [2.75, 3.05) is 18.1 Å². The van der Waals surface area contributed by atoms with E-state index < -0.39 is 17.7 Å². The second-order valence-corrected chi connectivity index (χ2v) is 11.1. The highest BCUT2D eigenvalue weighted by atomic mass is 16.5. The highest BCUT2D eigenvalue weighted by Gasteiger charge is 2.36. The average molecular weight is 531 g/mol. The molecule has 1 aliphatic heterocycles. The van der Waals surface area contributed by atoms with Crippen LogP contribution in [0.3, 0.4) is 0 Å². The first-order chi connectivity index (χ1) is 18.4. The molecular formula is C31H38N4O4. The second-order valence-electron chi connectivity index (χ2n) is 11.1. The molecular weight excluding hydrogens is 492 g/mol. The van der Waals surface area contributed by atoms with E-state index in [9.17, 15) is 15.0 Å². The smallest absolute Gasteiger partial charge is 0.337 e. The van der Waals surface area contributed by atoms with E-state index in [0.29, 0.717) is 30.2 Å². The topological polar surface area (TPSA) is 99.7 Å². The lowest BCUT2D eigenvalue weighted by Crippen LogP contribution is -2.37. The molecule has 4 rings (SSSR count). The van der Waals surface area contributed by atoms with Gasteiger partial charge in [0.25, 0.3) is 0 Å². The summed E-state index contributed by atoms with van der Waals surface area (Å²) in [4.78, 5) is 23.6. The number of anilines is 1. The number of rotatable bonds is 6. The molecule has 1 aliphatic rings. The van der Waals surface area contributed by atoms with Crippen molar-refractivity contribution in [2.24, 2.45) is 9.98 Å². The third kappa shape index (κ3) is 5.40. The van der Waals surface area contributed by atoms with E-state index >= 15 is 0 Å². The number of nitrogens with zero attached hydrogens (tertiary/aromatic N) is 4. The fourth-order valence-electron chi connectivity index (χ4n) is 5.24. The largest absolute Gasteiger partial charge is 0.479 e. The number of aromatic nitrogens is 1. The van der Waals surface area contributed by atoms with Gasteiger partial charge in [0.2, 0.25) is 5.96 Å². The Bertz CT molecular complexity index is 1490. The first-order valence-corrected chi connectivity index (χ1v) is 13.1. The van der Waals surface area contributed by atoms with Crippen molar-refractivity contribution in [3.63, 3.8) is 0 Å². The number of carbonyl (C=O) groups is 1. The van der Waals surface area contributed by atoms with Crippen LogP contribution in [0.15, 0.2) is 52.1 Å². The van der Waals surface area contributed by atoms with Gasteiger partial charge in [-0.3, -0.25) is 0 Å². The van der Waals surface area contributed by atoms with Gasteiger partial charge >= 0.3 is 5.97 Å². The lowest BCUT2D eigenvalue weighted by Gasteiger charge is -2.35. The Morgan fingerprint density at radius 1 is 1.18 bits per heavy atom. The first kappa shape index (κ1) is 28.3. The van der Waals surface area contributed by atoms with Gasteiger partial charge in [-0.15, -0.1) is 0 Å². The van der Waals surface area contributed by atoms with Crippen LogP contribution in [-0.4, -0.2) is 52.2 Å². The molecule has 0 unspecified atom stereocenters. The van der Waals surface area contributed by atoms with Crippen molar-refractivity contribution in [3.8, 4) is 11.1 Å². The van der Waals surface area contributed by atoms with E-state index in [1.54, 1.807) is 13.1 Å². The van der Waals surface area contributed by atoms with Crippen molar-refractivity contribution in [2.45, 2.75) is 66.7 Å². The lowest BCUT2D eigenvalue weighted by atomic mass is 9.87. The van der Waals surface area contributed by atoms with Crippen molar-refractivity contribution < 1.29 is 19.7 Å². The van der Waals surface area contributed by atoms with E-state index in [1.807, 2.05) is 63.8 Å². The lowest BCUT2D eigenvalue weighted by molar-refractivity contribution is -0.160. The van der Waals surface area contributed by atoms with Gasteiger partial charge in [0.05, 0.1) is 23.4 Å². The molecule has 0 spiro atoms. The highest BCUT2D eigenvalue weighted by Crippen LogP contribution is 2.48. The van der Waals surface area contributed by atoms with Crippen molar-refractivity contribution >= 4 is 35.2 Å². The summed E-state index contributed by atoms with van der Waals surface area (Å²) in [7, 11) is 0. The molecule has 3 aromatic rings. The molecule has 2 N–H and O–H groups in total. The van der Waals surface area contributed by atoms with Crippen LogP contribution < -0.4 is 4.90 Å². The predicted molar refractivity (Wildman–Crippen MR) is 158 cm³/mol. The number of aliphatic hydroxyl groups is 1. The summed E-state index contributed by atoms with van der Waals surface area (Å²) in [5.74, 6) is -0.668. The minimum atomic E-state index is -1.21. The van der Waals surface area contributed by atoms with E-state index in [2.05, 4.69) is 34.3 Å². The Balaban J connectivity index is 2.14. The molecule has 1 atom stereocenters. The molecule has 8 heteroatoms. The normalized spacial score (nSPS) is 15.1. The van der Waals surface area contributed by atoms with Crippen molar-refractivity contribution in [3.05, 3.63) is 64.5 Å². The van der Waals surface area contributed by atoms with Gasteiger partial charge in [-0.1, -0.05) is 29.8 Å². The predicted octanol–water partition coefficient (Wildman–Crippen LogP) is 5.95. The molecule has 0 saturated carbocycles. The molecule has 0 radical (unpaired) electrons. The summed E-state index contributed by atoms with van der Waals surface area (Å²) in [5, 5.41) is 20.9. The molecule has 1 aromatic heterocycles. The molecule has 39 heavy (non-hydrogen) atoms. The van der Waals surface area contributed by atoms with Crippen LogP contribution in [0, 0.1) is 20.8 Å². The van der Waals surface area contributed by atoms with Crippen LogP contribution in [0.5, 0.6) is 0 Å². The van der Waals surface area contributed by atoms with Gasteiger partial charge < -0.3 is 24.4 Å². The molecule has 206 valence electrons. The van der Waals surface area contributed by atoms with Crippen molar-refractivity contribution in [1.82, 2.24) is 4.57 Å². The van der Waals surface area contributed by atoms with Gasteiger partial charge in [-0.2, -0.15) is 0 Å². The number of aryl methyl sites for hydroxylation is 2. The number of ether oxygens (including phenoxy) is 1. The maximum Gasteiger partial charge on any atom is 0.337 e. The maximum atomic E-state index is 12.8. The maximum absolute atomic E-state index is 12.8. The molecule has 2 heterocycles. The zero-order chi connectivity index (χ0) is 28.6. The minimum Gasteiger partial charge on any atom is -0.479 e. The molecule has 0 fully saturated rings. The summed E-state index contributed by atoms with van der Waals surface area (Å²) < 4.78 is 8.51. The third-order valence-corrected chi connectivity index (χ3v) is 6.97. The van der Waals surface area contributed by atoms with Crippen LogP contribution in [0.1, 0.15) is 56.2 Å². The monoisotopic (exact) mass is 530 g/mol. The number of aliphatic hydroxyl groups excluding tert-OH is 1. The van der Waals surface area contributed by atoms with E-state index in [-0.39, 0.29) is 6.61 Å². The zero-order valence-corrected chi connectivity index (χ0v) is 23.9. The molecule has 0 saturated heterocycles. The van der Waals surface area contributed by atoms with Gasteiger partial charge in [-0.05, 0) is 83.5 Å². The fourth-order valence-corrected chi connectivity index (χ4v) is 5.24. The number of hydrogen-bond acceptors (Lipinski definition) is 4. The van der Waals surface area contributed by atoms with Gasteiger partial charge in [0, 0.05) is 35.9 Å². The Labute approximate surface area is 230 Å². The number of carboxylic acids is 1. The van der Waals surface area contributed by atoms with Crippen LogP contribution >= 0.6 is 0 Å². The molecule has 0 aliphatic carbocycles. The summed E-state index contributed by atoms with van der Waals surface area (Å²) in [6.07, 6.45) is 0.378. The second kappa shape index (κ2) is 10.8. The number of aliphatic imine (C=N–C) groups is 2. The van der Waals surface area contributed by atoms with E-state index in [0.717, 1.165) is 44.5 Å². The molecule has 2 aromatic carbocycles. The molecule has 8 nitrogen and oxygen atoms in total. The molecule has 0 amide bonds. The zero-order valence-electron chi connectivity index (χ0n) is 23.9. The van der Waals surface area contributed by atoms with Gasteiger partial charge in [-0.25, -0.2) is 14.8 Å². The summed E-state index contributed by atoms with van der Waals surface area (Å²) in [6.45, 7) is 18.4. The highest BCUT2D eigenvalue weighted by molar-refractivity contribution is 6.13. The summed E-state index contributed by atoms with van der Waals surface area (Å²) in [6, 6.07) is 10.3. The number of benzene rings is 2. The standard InChI is InChI=1S/C31H38N4O4/c1-18-9-11-22(12-10-18)25-23-15-20(3)34-13-14-35(30(32-8)33-16-19(2)17-36)26(27(23)34)21(4)24(25)28(29(37)38)39-31(5,6)7/h9-12,15-16,28,36H,8,13-14,17H2,1-7H3,(H,37,38)/b19-16+,33-30+/t28-/m0/s1. The molecule has 0 bridgehead atoms. The third-order valence-electron chi connectivity index (χ3n) is 6.97.